The molecule has 10 nitrogen and oxygen atoms in total. The number of rotatable bonds is 8. The molecular formula is C23H25Cl2N5O5S. The van der Waals surface area contributed by atoms with Crippen molar-refractivity contribution in [1.29, 1.82) is 0 Å². The average molecular weight is 554 g/mol. The van der Waals surface area contributed by atoms with Crippen LogP contribution in [0.2, 0.25) is 10.0 Å². The number of furan rings is 1. The third-order valence-corrected chi connectivity index (χ3v) is 8.43. The van der Waals surface area contributed by atoms with E-state index in [1.807, 2.05) is 6.92 Å². The number of benzene rings is 1. The summed E-state index contributed by atoms with van der Waals surface area (Å²) in [6.45, 7) is 3.19. The number of hydrogen-bond donors (Lipinski definition) is 2. The molecule has 0 saturated carbocycles. The largest absolute Gasteiger partial charge is 0.467 e. The van der Waals surface area contributed by atoms with Crippen LogP contribution in [0.25, 0.3) is 0 Å². The first-order chi connectivity index (χ1) is 17.2. The molecular weight excluding hydrogens is 529 g/mol. The number of nitrogens with one attached hydrogen (secondary N) is 2. The Morgan fingerprint density at radius 1 is 1.11 bits per heavy atom. The number of carbonyl (C=O) groups excluding carboxylic acids is 2. The van der Waals surface area contributed by atoms with E-state index in [2.05, 4.69) is 15.7 Å². The number of nitrogens with zero attached hydrogens (tertiary/aromatic N) is 3. The third-order valence-electron chi connectivity index (χ3n) is 5.75. The molecule has 1 fully saturated rings. The molecule has 0 bridgehead atoms. The topological polar surface area (TPSA) is 127 Å². The molecule has 0 spiro atoms. The summed E-state index contributed by atoms with van der Waals surface area (Å²) in [6.07, 6.45) is 5.47. The van der Waals surface area contributed by atoms with Gasteiger partial charge in [0.2, 0.25) is 10.0 Å². The highest BCUT2D eigenvalue weighted by Gasteiger charge is 2.30. The lowest BCUT2D eigenvalue weighted by molar-refractivity contribution is 0.0943. The Hall–Kier alpha value is -2.86. The van der Waals surface area contributed by atoms with E-state index in [1.54, 1.807) is 12.1 Å². The van der Waals surface area contributed by atoms with E-state index < -0.39 is 21.8 Å². The lowest BCUT2D eigenvalue weighted by Crippen LogP contribution is -2.35. The molecule has 4 rings (SSSR count). The standard InChI is InChI=1S/C23H25Cl2N5O5S/c1-2-29-14-19(21(28-29)23(32)26-13-15-7-6-10-35-15)27-22(31)16-11-20(18(25)12-17(16)24)36(33,34)30-8-4-3-5-9-30/h6-7,10-12,14H,2-5,8-9,13H2,1H3,(H,26,32)(H,27,31). The highest BCUT2D eigenvalue weighted by Crippen LogP contribution is 2.32. The van der Waals surface area contributed by atoms with Crippen LogP contribution >= 0.6 is 23.2 Å². The molecule has 1 aromatic carbocycles. The van der Waals surface area contributed by atoms with Gasteiger partial charge in [0.1, 0.15) is 10.7 Å². The second kappa shape index (κ2) is 11.0. The van der Waals surface area contributed by atoms with Crippen LogP contribution in [0.5, 0.6) is 0 Å². The van der Waals surface area contributed by atoms with E-state index in [9.17, 15) is 18.0 Å². The summed E-state index contributed by atoms with van der Waals surface area (Å²) in [5.41, 5.74) is 0.0381. The summed E-state index contributed by atoms with van der Waals surface area (Å²) in [7, 11) is -3.92. The second-order valence-electron chi connectivity index (χ2n) is 8.19. The number of amides is 2. The Morgan fingerprint density at radius 3 is 2.53 bits per heavy atom. The van der Waals surface area contributed by atoms with Gasteiger partial charge in [0.15, 0.2) is 5.69 Å². The zero-order valence-corrected chi connectivity index (χ0v) is 21.8. The number of aryl methyl sites for hydroxylation is 1. The van der Waals surface area contributed by atoms with Gasteiger partial charge in [0.25, 0.3) is 11.8 Å². The molecule has 2 aromatic heterocycles. The molecule has 2 N–H and O–H groups in total. The highest BCUT2D eigenvalue weighted by molar-refractivity contribution is 7.89. The van der Waals surface area contributed by atoms with Crippen LogP contribution < -0.4 is 10.6 Å². The van der Waals surface area contributed by atoms with Gasteiger partial charge in [-0.05, 0) is 44.0 Å². The van der Waals surface area contributed by atoms with Crippen molar-refractivity contribution < 1.29 is 22.4 Å². The lowest BCUT2D eigenvalue weighted by atomic mass is 10.2. The number of sulfonamides is 1. The first kappa shape index (κ1) is 26.2. The normalized spacial score (nSPS) is 14.5. The van der Waals surface area contributed by atoms with E-state index in [0.29, 0.717) is 25.4 Å². The molecule has 0 radical (unpaired) electrons. The summed E-state index contributed by atoms with van der Waals surface area (Å²) in [5.74, 6) is -0.675. The SMILES string of the molecule is CCn1cc(NC(=O)c2cc(S(=O)(=O)N3CCCCC3)c(Cl)cc2Cl)c(C(=O)NCc2ccco2)n1. The van der Waals surface area contributed by atoms with Crippen LogP contribution in [-0.4, -0.2) is 47.4 Å². The fourth-order valence-electron chi connectivity index (χ4n) is 3.84. The number of hydrogen-bond acceptors (Lipinski definition) is 6. The van der Waals surface area contributed by atoms with E-state index in [4.69, 9.17) is 27.6 Å². The fourth-order valence-corrected chi connectivity index (χ4v) is 6.19. The number of piperidine rings is 1. The van der Waals surface area contributed by atoms with Crippen molar-refractivity contribution in [3.05, 3.63) is 63.8 Å². The fraction of sp³-hybridized carbons (Fsp3) is 0.348. The molecule has 1 saturated heterocycles. The van der Waals surface area contributed by atoms with E-state index >= 15 is 0 Å². The maximum Gasteiger partial charge on any atom is 0.274 e. The van der Waals surface area contributed by atoms with Crippen molar-refractivity contribution in [2.24, 2.45) is 0 Å². The van der Waals surface area contributed by atoms with E-state index in [0.717, 1.165) is 19.3 Å². The average Bonchev–Trinajstić information content (AvgIpc) is 3.53. The summed E-state index contributed by atoms with van der Waals surface area (Å²) in [5, 5.41) is 9.46. The van der Waals surface area contributed by atoms with Crippen molar-refractivity contribution in [3.8, 4) is 0 Å². The van der Waals surface area contributed by atoms with Crippen molar-refractivity contribution in [2.45, 2.75) is 44.2 Å². The molecule has 0 unspecified atom stereocenters. The Kier molecular flexibility index (Phi) is 8.04. The van der Waals surface area contributed by atoms with Crippen LogP contribution in [-0.2, 0) is 23.1 Å². The minimum Gasteiger partial charge on any atom is -0.467 e. The predicted molar refractivity (Wildman–Crippen MR) is 135 cm³/mol. The van der Waals surface area contributed by atoms with E-state index in [1.165, 1.54) is 33.6 Å². The maximum absolute atomic E-state index is 13.2. The summed E-state index contributed by atoms with van der Waals surface area (Å²) in [6, 6.07) is 5.83. The van der Waals surface area contributed by atoms with Crippen LogP contribution in [0.1, 0.15) is 52.8 Å². The van der Waals surface area contributed by atoms with Crippen molar-refractivity contribution >= 4 is 50.7 Å². The minimum atomic E-state index is -3.92. The molecule has 192 valence electrons. The van der Waals surface area contributed by atoms with Crippen LogP contribution in [0.4, 0.5) is 5.69 Å². The zero-order valence-electron chi connectivity index (χ0n) is 19.5. The number of aromatic nitrogens is 2. The Labute approximate surface area is 218 Å². The van der Waals surface area contributed by atoms with Gasteiger partial charge in [-0.3, -0.25) is 14.3 Å². The third kappa shape index (κ3) is 5.59. The monoisotopic (exact) mass is 553 g/mol. The highest BCUT2D eigenvalue weighted by atomic mass is 35.5. The second-order valence-corrected chi connectivity index (χ2v) is 10.9. The number of anilines is 1. The molecule has 3 aromatic rings. The van der Waals surface area contributed by atoms with Gasteiger partial charge in [-0.15, -0.1) is 0 Å². The zero-order chi connectivity index (χ0) is 25.9. The van der Waals surface area contributed by atoms with Gasteiger partial charge in [-0.1, -0.05) is 29.6 Å². The lowest BCUT2D eigenvalue weighted by Gasteiger charge is -2.26. The van der Waals surface area contributed by atoms with E-state index in [-0.39, 0.29) is 38.4 Å². The van der Waals surface area contributed by atoms with Crippen molar-refractivity contribution in [3.63, 3.8) is 0 Å². The molecule has 36 heavy (non-hydrogen) atoms. The molecule has 2 amide bonds. The minimum absolute atomic E-state index is 0.0111. The van der Waals surface area contributed by atoms with Gasteiger partial charge < -0.3 is 15.1 Å². The molecule has 13 heteroatoms. The Morgan fingerprint density at radius 2 is 1.86 bits per heavy atom. The summed E-state index contributed by atoms with van der Waals surface area (Å²) >= 11 is 12.5. The Balaban J connectivity index is 1.59. The predicted octanol–water partition coefficient (Wildman–Crippen LogP) is 4.16. The van der Waals surface area contributed by atoms with Gasteiger partial charge in [0, 0.05) is 25.8 Å². The summed E-state index contributed by atoms with van der Waals surface area (Å²) < 4.78 is 34.5. The van der Waals surface area contributed by atoms with Crippen LogP contribution in [0.3, 0.4) is 0 Å². The molecule has 3 heterocycles. The summed E-state index contributed by atoms with van der Waals surface area (Å²) in [4.78, 5) is 25.8. The maximum atomic E-state index is 13.2. The molecule has 0 aliphatic carbocycles. The van der Waals surface area contributed by atoms with Gasteiger partial charge in [0.05, 0.1) is 34.1 Å². The first-order valence-corrected chi connectivity index (χ1v) is 13.6. The quantitative estimate of drug-likeness (QED) is 0.431. The number of carbonyl (C=O) groups is 2. The Bertz CT molecular complexity index is 1370. The van der Waals surface area contributed by atoms with Crippen LogP contribution in [0.15, 0.2) is 46.0 Å². The molecule has 1 aliphatic rings. The van der Waals surface area contributed by atoms with Crippen molar-refractivity contribution in [2.75, 3.05) is 18.4 Å². The van der Waals surface area contributed by atoms with Crippen molar-refractivity contribution in [1.82, 2.24) is 19.4 Å². The van der Waals surface area contributed by atoms with Gasteiger partial charge in [-0.2, -0.15) is 9.40 Å². The first-order valence-electron chi connectivity index (χ1n) is 11.4. The van der Waals surface area contributed by atoms with Gasteiger partial charge >= 0.3 is 0 Å². The molecule has 0 atom stereocenters. The smallest absolute Gasteiger partial charge is 0.274 e. The molecule has 1 aliphatic heterocycles. The van der Waals surface area contributed by atoms with Crippen LogP contribution in [0, 0.1) is 0 Å². The number of halogens is 2. The van der Waals surface area contributed by atoms with Gasteiger partial charge in [-0.25, -0.2) is 8.42 Å².